The molecule has 0 aliphatic heterocycles. The zero-order valence-corrected chi connectivity index (χ0v) is 28.5. The second-order valence-corrected chi connectivity index (χ2v) is 12.6. The molecule has 50 heavy (non-hydrogen) atoms. The van der Waals surface area contributed by atoms with Gasteiger partial charge in [-0.15, -0.1) is 0 Å². The Kier molecular flexibility index (Phi) is 9.98. The predicted octanol–water partition coefficient (Wildman–Crippen LogP) is 11.2. The van der Waals surface area contributed by atoms with Gasteiger partial charge in [-0.3, -0.25) is 0 Å². The predicted molar refractivity (Wildman–Crippen MR) is 213 cm³/mol. The third-order valence-electron chi connectivity index (χ3n) is 9.48. The molecular weight excluding hydrogens is 609 g/mol. The van der Waals surface area contributed by atoms with E-state index in [0.29, 0.717) is 6.54 Å². The third-order valence-corrected chi connectivity index (χ3v) is 9.48. The Labute approximate surface area is 294 Å². The normalized spacial score (nSPS) is 12.0. The minimum absolute atomic E-state index is 0.598. The Hall–Kier alpha value is -5.74. The van der Waals surface area contributed by atoms with Gasteiger partial charge in [-0.1, -0.05) is 140 Å². The van der Waals surface area contributed by atoms with Crippen molar-refractivity contribution in [1.29, 1.82) is 0 Å². The molecule has 9 rings (SSSR count). The van der Waals surface area contributed by atoms with E-state index in [1.807, 2.05) is 30.3 Å². The molecule has 3 heteroatoms. The summed E-state index contributed by atoms with van der Waals surface area (Å²) in [5.74, 6) is 1.12. The number of hydrogen-bond donors (Lipinski definition) is 2. The Balaban J connectivity index is 0.000000206. The van der Waals surface area contributed by atoms with Crippen LogP contribution in [-0.4, -0.2) is 7.05 Å². The maximum atomic E-state index is 6.33. The molecule has 8 aromatic rings. The van der Waals surface area contributed by atoms with Crippen molar-refractivity contribution in [3.05, 3.63) is 191 Å². The van der Waals surface area contributed by atoms with E-state index in [-0.39, 0.29) is 0 Å². The van der Waals surface area contributed by atoms with Gasteiger partial charge in [0.2, 0.25) is 0 Å². The first-order valence-corrected chi connectivity index (χ1v) is 17.4. The van der Waals surface area contributed by atoms with Crippen LogP contribution in [0.3, 0.4) is 0 Å². The first-order valence-electron chi connectivity index (χ1n) is 17.4. The summed E-state index contributed by atoms with van der Waals surface area (Å²) in [7, 11) is 1.50. The largest absolute Gasteiger partial charge is 0.460 e. The number of fused-ring (bicyclic) bond motifs is 6. The van der Waals surface area contributed by atoms with Crippen molar-refractivity contribution in [3.63, 3.8) is 0 Å². The lowest BCUT2D eigenvalue weighted by Crippen LogP contribution is -1.97. The zero-order valence-electron chi connectivity index (χ0n) is 28.5. The summed E-state index contributed by atoms with van der Waals surface area (Å²) in [4.78, 5) is 0. The van der Waals surface area contributed by atoms with E-state index in [9.17, 15) is 0 Å². The fourth-order valence-corrected chi connectivity index (χ4v) is 7.04. The number of hydrogen-bond acceptors (Lipinski definition) is 3. The van der Waals surface area contributed by atoms with Crippen LogP contribution in [0.4, 0.5) is 0 Å². The van der Waals surface area contributed by atoms with E-state index in [2.05, 4.69) is 139 Å². The van der Waals surface area contributed by atoms with Gasteiger partial charge in [0.15, 0.2) is 0 Å². The van der Waals surface area contributed by atoms with Crippen molar-refractivity contribution < 1.29 is 4.42 Å². The molecule has 7 aromatic carbocycles. The van der Waals surface area contributed by atoms with Crippen molar-refractivity contribution in [1.82, 2.24) is 0 Å². The molecule has 3 nitrogen and oxygen atoms in total. The Morgan fingerprint density at radius 1 is 0.540 bits per heavy atom. The maximum absolute atomic E-state index is 6.33. The molecule has 0 bridgehead atoms. The number of nitrogens with two attached hydrogens (primary N) is 2. The lowest BCUT2D eigenvalue weighted by atomic mass is 9.88. The molecule has 0 saturated carbocycles. The van der Waals surface area contributed by atoms with Gasteiger partial charge in [-0.25, -0.2) is 0 Å². The second kappa shape index (κ2) is 15.2. The summed E-state index contributed by atoms with van der Waals surface area (Å²) >= 11 is 0. The standard InChI is InChI=1S/C33H24O.C13H13N.CH5N/c1-2-7-22(8-3-1)19-27-10-6-12-32-33(27)30-21-25(16-18-31(30)34-32)24-15-17-29-26(20-24)14-13-23-9-4-5-11-28(23)29;14-10-11-5-4-8-13(9-11)12-6-2-1-3-7-12;1-2/h1-15,17,20-21H,16,18-19H2;1-9H,10,14H2;2H2,1H3. The van der Waals surface area contributed by atoms with Gasteiger partial charge >= 0.3 is 0 Å². The van der Waals surface area contributed by atoms with Gasteiger partial charge in [0.1, 0.15) is 11.3 Å². The van der Waals surface area contributed by atoms with Crippen molar-refractivity contribution in [2.45, 2.75) is 25.8 Å². The van der Waals surface area contributed by atoms with Crippen LogP contribution in [0, 0.1) is 0 Å². The summed E-state index contributed by atoms with van der Waals surface area (Å²) in [6, 6.07) is 55.9. The van der Waals surface area contributed by atoms with Crippen molar-refractivity contribution in [2.75, 3.05) is 7.05 Å². The number of benzene rings is 7. The van der Waals surface area contributed by atoms with Crippen LogP contribution in [0.1, 0.15) is 40.0 Å². The van der Waals surface area contributed by atoms with Crippen molar-refractivity contribution in [3.8, 4) is 11.1 Å². The van der Waals surface area contributed by atoms with Crippen LogP contribution < -0.4 is 11.5 Å². The third kappa shape index (κ3) is 6.88. The molecule has 0 fully saturated rings. The van der Waals surface area contributed by atoms with E-state index in [0.717, 1.165) is 30.6 Å². The van der Waals surface area contributed by atoms with Gasteiger partial charge in [0, 0.05) is 23.9 Å². The van der Waals surface area contributed by atoms with E-state index in [1.165, 1.54) is 78.5 Å². The molecule has 0 radical (unpaired) electrons. The average molecular weight is 651 g/mol. The zero-order chi connectivity index (χ0) is 34.3. The SMILES string of the molecule is C1=C(c2ccc3c(ccc4ccccc43)c2)CCc2oc3cccc(Cc4ccccc4)c3c21.CN.NCc1cccc(-c2ccccc2)c1. The van der Waals surface area contributed by atoms with E-state index >= 15 is 0 Å². The molecule has 1 aliphatic carbocycles. The smallest absolute Gasteiger partial charge is 0.135 e. The fraction of sp³-hybridized carbons (Fsp3) is 0.106. The highest BCUT2D eigenvalue weighted by Gasteiger charge is 2.21. The van der Waals surface area contributed by atoms with E-state index in [4.69, 9.17) is 10.2 Å². The van der Waals surface area contributed by atoms with Gasteiger partial charge in [-0.2, -0.15) is 0 Å². The Bertz CT molecular complexity index is 2400. The highest BCUT2D eigenvalue weighted by atomic mass is 16.3. The Morgan fingerprint density at radius 2 is 1.22 bits per heavy atom. The quantitative estimate of drug-likeness (QED) is 0.182. The van der Waals surface area contributed by atoms with Gasteiger partial charge in [0.05, 0.1) is 0 Å². The monoisotopic (exact) mass is 650 g/mol. The number of furan rings is 1. The minimum atomic E-state index is 0.598. The molecule has 246 valence electrons. The highest BCUT2D eigenvalue weighted by molar-refractivity contribution is 6.08. The molecule has 0 amide bonds. The fourth-order valence-electron chi connectivity index (χ4n) is 7.04. The molecule has 1 heterocycles. The molecular formula is C47H42N2O. The topological polar surface area (TPSA) is 65.2 Å². The molecule has 1 aromatic heterocycles. The van der Waals surface area contributed by atoms with Crippen LogP contribution >= 0.6 is 0 Å². The van der Waals surface area contributed by atoms with Crippen molar-refractivity contribution in [2.24, 2.45) is 11.5 Å². The van der Waals surface area contributed by atoms with Gasteiger partial charge in [-0.05, 0) is 105 Å². The van der Waals surface area contributed by atoms with Gasteiger partial charge < -0.3 is 15.9 Å². The lowest BCUT2D eigenvalue weighted by Gasteiger charge is -2.15. The summed E-state index contributed by atoms with van der Waals surface area (Å²) < 4.78 is 6.33. The number of aryl methyl sites for hydroxylation is 1. The van der Waals surface area contributed by atoms with E-state index in [1.54, 1.807) is 0 Å². The molecule has 0 unspecified atom stereocenters. The molecule has 4 N–H and O–H groups in total. The summed E-state index contributed by atoms with van der Waals surface area (Å²) in [6.07, 6.45) is 5.23. The van der Waals surface area contributed by atoms with Crippen LogP contribution in [0.15, 0.2) is 162 Å². The number of allylic oxidation sites excluding steroid dienone is 1. The Morgan fingerprint density at radius 3 is 2.04 bits per heavy atom. The molecule has 0 atom stereocenters. The first-order chi connectivity index (χ1) is 24.7. The summed E-state index contributed by atoms with van der Waals surface area (Å²) in [5, 5.41) is 6.49. The van der Waals surface area contributed by atoms with Crippen molar-refractivity contribution >= 4 is 44.2 Å². The van der Waals surface area contributed by atoms with Crippen LogP contribution in [0.25, 0.3) is 55.3 Å². The first kappa shape index (κ1) is 32.8. The average Bonchev–Trinajstić information content (AvgIpc) is 3.58. The van der Waals surface area contributed by atoms with Crippen LogP contribution in [-0.2, 0) is 19.4 Å². The summed E-state index contributed by atoms with van der Waals surface area (Å²) in [6.45, 7) is 0.598. The van der Waals surface area contributed by atoms with Crippen LogP contribution in [0.2, 0.25) is 0 Å². The van der Waals surface area contributed by atoms with Crippen LogP contribution in [0.5, 0.6) is 0 Å². The minimum Gasteiger partial charge on any atom is -0.460 e. The molecule has 0 spiro atoms. The maximum Gasteiger partial charge on any atom is 0.135 e. The summed E-state index contributed by atoms with van der Waals surface area (Å²) in [5.41, 5.74) is 21.4. The molecule has 1 aliphatic rings. The highest BCUT2D eigenvalue weighted by Crippen LogP contribution is 2.39. The molecule has 0 saturated heterocycles. The second-order valence-electron chi connectivity index (χ2n) is 12.6. The number of rotatable bonds is 5. The van der Waals surface area contributed by atoms with Gasteiger partial charge in [0.25, 0.3) is 0 Å². The van der Waals surface area contributed by atoms with E-state index < -0.39 is 0 Å². The lowest BCUT2D eigenvalue weighted by molar-refractivity contribution is 0.547.